The highest BCUT2D eigenvalue weighted by Gasteiger charge is 2.54. The molecule has 3 aromatic heterocycles. The summed E-state index contributed by atoms with van der Waals surface area (Å²) in [5, 5.41) is 27.9. The van der Waals surface area contributed by atoms with Gasteiger partial charge in [-0.05, 0) is 80.5 Å². The van der Waals surface area contributed by atoms with Crippen molar-refractivity contribution in [3.8, 4) is 23.0 Å². The lowest BCUT2D eigenvalue weighted by Crippen LogP contribution is -2.35. The number of nitrogens with zero attached hydrogens (tertiary/aromatic N) is 5. The number of hydrogen-bond donors (Lipinski definition) is 4. The van der Waals surface area contributed by atoms with Gasteiger partial charge in [-0.2, -0.15) is 19.0 Å². The van der Waals surface area contributed by atoms with Crippen molar-refractivity contribution in [2.75, 3.05) is 11.9 Å². The SMILES string of the molecule is C=C1c2c(C(F)F)nn(CC(=O)N[C@@H](Cc3cc(F)cc(F)c3)c3nc(C#CC(C)(C)O)ccc3-c3ccc(Cl)c4c(NC(=O)CNC5CC5)nn(C)c34)c2C(F)(F)[C@@H]1C. The molecule has 2 aliphatic carbocycles. The number of carbonyl (C=O) groups is 2. The van der Waals surface area contributed by atoms with Gasteiger partial charge in [0.05, 0.1) is 40.1 Å². The molecule has 4 N–H and O–H groups in total. The summed E-state index contributed by atoms with van der Waals surface area (Å²) in [4.78, 5) is 31.7. The van der Waals surface area contributed by atoms with Crippen LogP contribution in [0, 0.1) is 29.4 Å². The lowest BCUT2D eigenvalue weighted by atomic mass is 9.93. The van der Waals surface area contributed by atoms with Gasteiger partial charge in [-0.3, -0.25) is 19.0 Å². The van der Waals surface area contributed by atoms with Crippen LogP contribution in [0.1, 0.15) is 80.0 Å². The number of hydrogen-bond acceptors (Lipinski definition) is 7. The third-order valence-electron chi connectivity index (χ3n) is 10.2. The molecule has 2 aliphatic rings. The molecular weight excluding hydrogens is 814 g/mol. The Morgan fingerprint density at radius 2 is 1.73 bits per heavy atom. The molecule has 2 aromatic carbocycles. The van der Waals surface area contributed by atoms with Crippen LogP contribution in [0.3, 0.4) is 0 Å². The van der Waals surface area contributed by atoms with E-state index in [1.807, 2.05) is 0 Å². The largest absolute Gasteiger partial charge is 0.378 e. The minimum absolute atomic E-state index is 0.0412. The van der Waals surface area contributed by atoms with Crippen LogP contribution in [0.25, 0.3) is 27.6 Å². The Bertz CT molecular complexity index is 2600. The van der Waals surface area contributed by atoms with Crippen molar-refractivity contribution in [3.05, 3.63) is 99.6 Å². The first-order valence-corrected chi connectivity index (χ1v) is 19.3. The summed E-state index contributed by atoms with van der Waals surface area (Å²) >= 11 is 6.73. The van der Waals surface area contributed by atoms with Crippen LogP contribution in [-0.4, -0.2) is 59.7 Å². The van der Waals surface area contributed by atoms with Gasteiger partial charge in [0, 0.05) is 35.8 Å². The van der Waals surface area contributed by atoms with Crippen molar-refractivity contribution >= 4 is 45.7 Å². The number of nitrogens with one attached hydrogen (secondary N) is 3. The topological polar surface area (TPSA) is 139 Å². The summed E-state index contributed by atoms with van der Waals surface area (Å²) in [7, 11) is 1.62. The molecule has 1 fully saturated rings. The molecule has 7 rings (SSSR count). The van der Waals surface area contributed by atoms with E-state index in [1.165, 1.54) is 24.6 Å². The number of anilines is 1. The van der Waals surface area contributed by atoms with E-state index in [1.54, 1.807) is 25.2 Å². The number of fused-ring (bicyclic) bond motifs is 2. The first kappa shape index (κ1) is 42.4. The normalized spacial score (nSPS) is 16.5. The molecule has 2 amide bonds. The summed E-state index contributed by atoms with van der Waals surface area (Å²) in [6, 6.07) is 8.05. The van der Waals surface area contributed by atoms with Crippen molar-refractivity contribution in [1.29, 1.82) is 0 Å². The van der Waals surface area contributed by atoms with Gasteiger partial charge in [0.15, 0.2) is 5.82 Å². The number of rotatable bonds is 12. The van der Waals surface area contributed by atoms with Crippen LogP contribution in [0.2, 0.25) is 5.02 Å². The second-order valence-corrected chi connectivity index (χ2v) is 15.9. The Morgan fingerprint density at radius 1 is 1.05 bits per heavy atom. The van der Waals surface area contributed by atoms with Crippen molar-refractivity contribution in [3.63, 3.8) is 0 Å². The summed E-state index contributed by atoms with van der Waals surface area (Å²) in [6.45, 7) is 6.72. The fourth-order valence-corrected chi connectivity index (χ4v) is 7.48. The first-order chi connectivity index (χ1) is 28.2. The van der Waals surface area contributed by atoms with Crippen LogP contribution in [0.4, 0.5) is 32.2 Å². The quantitative estimate of drug-likeness (QED) is 0.0760. The van der Waals surface area contributed by atoms with E-state index in [9.17, 15) is 32.3 Å². The number of aromatic nitrogens is 5. The van der Waals surface area contributed by atoms with Gasteiger partial charge in [0.2, 0.25) is 11.8 Å². The van der Waals surface area contributed by atoms with Gasteiger partial charge in [-0.25, -0.2) is 22.5 Å². The van der Waals surface area contributed by atoms with Gasteiger partial charge in [0.25, 0.3) is 12.3 Å². The molecule has 0 aliphatic heterocycles. The van der Waals surface area contributed by atoms with Gasteiger partial charge in [-0.15, -0.1) is 0 Å². The van der Waals surface area contributed by atoms with Gasteiger partial charge >= 0.3 is 0 Å². The lowest BCUT2D eigenvalue weighted by molar-refractivity contribution is -0.123. The predicted molar refractivity (Wildman–Crippen MR) is 212 cm³/mol. The van der Waals surface area contributed by atoms with E-state index in [4.69, 9.17) is 16.6 Å². The van der Waals surface area contributed by atoms with Gasteiger partial charge < -0.3 is 21.1 Å². The molecule has 0 unspecified atom stereocenters. The zero-order valence-electron chi connectivity index (χ0n) is 32.7. The number of halogens is 7. The average Bonchev–Trinajstić information content (AvgIpc) is 3.78. The van der Waals surface area contributed by atoms with Crippen LogP contribution in [0.5, 0.6) is 0 Å². The molecule has 314 valence electrons. The average molecular weight is 853 g/mol. The summed E-state index contributed by atoms with van der Waals surface area (Å²) < 4.78 is 90.7. The minimum Gasteiger partial charge on any atom is -0.378 e. The highest BCUT2D eigenvalue weighted by Crippen LogP contribution is 2.53. The zero-order chi connectivity index (χ0) is 43.4. The standard InChI is InChI=1S/C42H39ClF6N8O3/c1-20-21(2)42(48,49)38-33(20)36(39(46)47)54-57(38)19-32(59)52-30(16-22-14-23(44)17-24(45)15-22)35-27(9-8-26(51-35)12-13-41(3,4)60)28-10-11-29(43)34-37(28)56(5)55-40(34)53-31(58)18-50-25-6-7-25/h8-11,14-15,17,21,25,30,39,50,60H,1,6-7,16,18-19H2,2-5H3,(H,52,59)(H,53,55,58)/t21-,30+/m1/s1. The highest BCUT2D eigenvalue weighted by molar-refractivity contribution is 6.37. The molecule has 0 spiro atoms. The maximum atomic E-state index is 15.6. The first-order valence-electron chi connectivity index (χ1n) is 18.9. The second kappa shape index (κ2) is 16.1. The number of pyridine rings is 1. The summed E-state index contributed by atoms with van der Waals surface area (Å²) in [6.07, 6.45) is -1.64. The molecule has 1 saturated carbocycles. The second-order valence-electron chi connectivity index (χ2n) is 15.5. The fourth-order valence-electron chi connectivity index (χ4n) is 7.24. The number of allylic oxidation sites excluding steroid dienone is 1. The maximum absolute atomic E-state index is 15.6. The van der Waals surface area contributed by atoms with Crippen molar-refractivity contribution in [1.82, 2.24) is 35.2 Å². The number of alkyl halides is 4. The monoisotopic (exact) mass is 852 g/mol. The Labute approximate surface area is 345 Å². The van der Waals surface area contributed by atoms with Crippen LogP contribution < -0.4 is 16.0 Å². The molecule has 5 aromatic rings. The lowest BCUT2D eigenvalue weighted by Gasteiger charge is -2.23. The molecular formula is C42H39ClF6N8O3. The smallest absolute Gasteiger partial charge is 0.296 e. The Balaban J connectivity index is 1.36. The van der Waals surface area contributed by atoms with E-state index < -0.39 is 70.9 Å². The van der Waals surface area contributed by atoms with Gasteiger partial charge in [0.1, 0.15) is 40.9 Å². The number of benzene rings is 2. The Kier molecular flexibility index (Phi) is 11.4. The molecule has 0 saturated heterocycles. The fraction of sp³-hybridized carbons (Fsp3) is 0.357. The number of aryl methyl sites for hydroxylation is 1. The van der Waals surface area contributed by atoms with Gasteiger partial charge in [-0.1, -0.05) is 37.1 Å². The third kappa shape index (κ3) is 8.63. The third-order valence-corrected chi connectivity index (χ3v) is 10.6. The Morgan fingerprint density at radius 3 is 2.38 bits per heavy atom. The van der Waals surface area contributed by atoms with Crippen LogP contribution in [-0.2, 0) is 35.5 Å². The molecule has 18 heteroatoms. The molecule has 60 heavy (non-hydrogen) atoms. The van der Waals surface area contributed by atoms with Crippen molar-refractivity contribution in [2.45, 2.75) is 76.6 Å². The van der Waals surface area contributed by atoms with Crippen molar-refractivity contribution < 1.29 is 41.0 Å². The number of carbonyl (C=O) groups excluding carboxylic acids is 2. The molecule has 0 radical (unpaired) electrons. The predicted octanol–water partition coefficient (Wildman–Crippen LogP) is 7.37. The van der Waals surface area contributed by atoms with Crippen LogP contribution >= 0.6 is 11.6 Å². The van der Waals surface area contributed by atoms with E-state index >= 15 is 8.78 Å². The molecule has 3 heterocycles. The van der Waals surface area contributed by atoms with E-state index in [-0.39, 0.29) is 58.3 Å². The zero-order valence-corrected chi connectivity index (χ0v) is 33.5. The minimum atomic E-state index is -3.69. The van der Waals surface area contributed by atoms with E-state index in [2.05, 4.69) is 44.6 Å². The molecule has 2 atom stereocenters. The summed E-state index contributed by atoms with van der Waals surface area (Å²) in [5.41, 5.74) is -2.67. The number of aliphatic hydroxyl groups is 1. The molecule has 0 bridgehead atoms. The molecule has 11 nitrogen and oxygen atoms in total. The number of amides is 2. The summed E-state index contributed by atoms with van der Waals surface area (Å²) in [5.74, 6) is -2.82. The van der Waals surface area contributed by atoms with Crippen molar-refractivity contribution in [2.24, 2.45) is 13.0 Å². The van der Waals surface area contributed by atoms with Crippen LogP contribution in [0.15, 0.2) is 49.0 Å². The maximum Gasteiger partial charge on any atom is 0.296 e. The Hall–Kier alpha value is -5.70. The van der Waals surface area contributed by atoms with E-state index in [0.717, 1.165) is 31.9 Å². The highest BCUT2D eigenvalue weighted by atomic mass is 35.5. The van der Waals surface area contributed by atoms with E-state index in [0.29, 0.717) is 32.8 Å².